The first kappa shape index (κ1) is 11.0. The molecule has 1 aliphatic rings. The average molecular weight is 198 g/mol. The van der Waals surface area contributed by atoms with E-state index < -0.39 is 0 Å². The van der Waals surface area contributed by atoms with Gasteiger partial charge in [0.25, 0.3) is 0 Å². The number of rotatable bonds is 3. The summed E-state index contributed by atoms with van der Waals surface area (Å²) in [6.07, 6.45) is 2.89. The third kappa shape index (κ3) is 4.28. The summed E-state index contributed by atoms with van der Waals surface area (Å²) in [4.78, 5) is 11.3. The van der Waals surface area contributed by atoms with E-state index >= 15 is 0 Å². The molecule has 0 bridgehead atoms. The van der Waals surface area contributed by atoms with E-state index in [1.807, 2.05) is 19.9 Å². The predicted molar refractivity (Wildman–Crippen MR) is 55.2 cm³/mol. The van der Waals surface area contributed by atoms with Gasteiger partial charge in [0, 0.05) is 13.2 Å². The summed E-state index contributed by atoms with van der Waals surface area (Å²) in [5, 5.41) is 5.61. The maximum absolute atomic E-state index is 11.3. The minimum absolute atomic E-state index is 0.113. The Morgan fingerprint density at radius 2 is 2.36 bits per heavy atom. The molecule has 1 atom stereocenters. The molecule has 0 saturated carbocycles. The van der Waals surface area contributed by atoms with Gasteiger partial charge in [-0.3, -0.25) is 0 Å². The van der Waals surface area contributed by atoms with Crippen LogP contribution in [-0.2, 0) is 4.74 Å². The first-order valence-corrected chi connectivity index (χ1v) is 4.94. The van der Waals surface area contributed by atoms with Gasteiger partial charge in [-0.15, -0.1) is 0 Å². The zero-order chi connectivity index (χ0) is 10.4. The van der Waals surface area contributed by atoms with E-state index in [0.29, 0.717) is 13.2 Å². The van der Waals surface area contributed by atoms with Crippen LogP contribution < -0.4 is 10.6 Å². The Labute approximate surface area is 84.7 Å². The average Bonchev–Trinajstić information content (AvgIpc) is 2.56. The van der Waals surface area contributed by atoms with Crippen molar-refractivity contribution in [1.29, 1.82) is 0 Å². The molecule has 4 heteroatoms. The topological polar surface area (TPSA) is 50.4 Å². The highest BCUT2D eigenvalue weighted by Gasteiger charge is 2.16. The van der Waals surface area contributed by atoms with Crippen molar-refractivity contribution in [2.24, 2.45) is 0 Å². The first-order chi connectivity index (χ1) is 6.68. The molecule has 4 nitrogen and oxygen atoms in total. The van der Waals surface area contributed by atoms with Crippen molar-refractivity contribution in [3.05, 3.63) is 11.6 Å². The Hall–Kier alpha value is -1.03. The smallest absolute Gasteiger partial charge is 0.315 e. The molecule has 14 heavy (non-hydrogen) atoms. The summed E-state index contributed by atoms with van der Waals surface area (Å²) in [7, 11) is 0. The van der Waals surface area contributed by atoms with E-state index in [2.05, 4.69) is 10.6 Å². The van der Waals surface area contributed by atoms with Gasteiger partial charge in [0.15, 0.2) is 0 Å². The van der Waals surface area contributed by atoms with Crippen molar-refractivity contribution in [2.45, 2.75) is 26.3 Å². The minimum atomic E-state index is -0.113. The Kier molecular flexibility index (Phi) is 4.46. The van der Waals surface area contributed by atoms with E-state index in [9.17, 15) is 4.79 Å². The number of hydrogen-bond donors (Lipinski definition) is 2. The van der Waals surface area contributed by atoms with Crippen LogP contribution in [-0.4, -0.2) is 31.8 Å². The number of nitrogens with one attached hydrogen (secondary N) is 2. The molecule has 1 unspecified atom stereocenters. The molecule has 2 N–H and O–H groups in total. The van der Waals surface area contributed by atoms with Crippen molar-refractivity contribution >= 4 is 6.03 Å². The van der Waals surface area contributed by atoms with E-state index in [0.717, 1.165) is 13.0 Å². The number of carbonyl (C=O) groups excluding carboxylic acids is 1. The van der Waals surface area contributed by atoms with Crippen LogP contribution >= 0.6 is 0 Å². The van der Waals surface area contributed by atoms with E-state index in [-0.39, 0.29) is 12.1 Å². The summed E-state index contributed by atoms with van der Waals surface area (Å²) in [6.45, 7) is 5.98. The number of allylic oxidation sites excluding steroid dienone is 1. The monoisotopic (exact) mass is 198 g/mol. The molecule has 1 fully saturated rings. The van der Waals surface area contributed by atoms with E-state index in [4.69, 9.17) is 4.74 Å². The Bertz CT molecular complexity index is 216. The quantitative estimate of drug-likeness (QED) is 0.666. The fourth-order valence-electron chi connectivity index (χ4n) is 1.23. The van der Waals surface area contributed by atoms with E-state index in [1.165, 1.54) is 5.57 Å². The molecule has 1 saturated heterocycles. The lowest BCUT2D eigenvalue weighted by atomic mass is 10.3. The van der Waals surface area contributed by atoms with Gasteiger partial charge >= 0.3 is 6.03 Å². The summed E-state index contributed by atoms with van der Waals surface area (Å²) < 4.78 is 5.15. The summed E-state index contributed by atoms with van der Waals surface area (Å²) >= 11 is 0. The highest BCUT2D eigenvalue weighted by atomic mass is 16.5. The molecular formula is C10H18N2O2. The molecule has 80 valence electrons. The fourth-order valence-corrected chi connectivity index (χ4v) is 1.23. The normalized spacial score (nSPS) is 20.3. The predicted octanol–water partition coefficient (Wildman–Crippen LogP) is 1.04. The van der Waals surface area contributed by atoms with Crippen LogP contribution in [0.2, 0.25) is 0 Å². The second-order valence-electron chi connectivity index (χ2n) is 3.70. The standard InChI is InChI=1S/C10H18N2O2/c1-8(2)3-5-11-10(13)12-9-4-6-14-7-9/h3,9H,4-7H2,1-2H3,(H2,11,12,13). The zero-order valence-electron chi connectivity index (χ0n) is 8.80. The Morgan fingerprint density at radius 3 is 2.93 bits per heavy atom. The maximum Gasteiger partial charge on any atom is 0.315 e. The summed E-state index contributed by atoms with van der Waals surface area (Å²) in [5.41, 5.74) is 1.20. The molecule has 0 spiro atoms. The highest BCUT2D eigenvalue weighted by Crippen LogP contribution is 2.02. The maximum atomic E-state index is 11.3. The first-order valence-electron chi connectivity index (χ1n) is 4.94. The van der Waals surface area contributed by atoms with Gasteiger partial charge < -0.3 is 15.4 Å². The van der Waals surface area contributed by atoms with Crippen molar-refractivity contribution in [3.8, 4) is 0 Å². The zero-order valence-corrected chi connectivity index (χ0v) is 8.80. The molecule has 0 radical (unpaired) electrons. The van der Waals surface area contributed by atoms with Crippen molar-refractivity contribution in [3.63, 3.8) is 0 Å². The molecule has 1 heterocycles. The molecule has 0 aromatic rings. The fraction of sp³-hybridized carbons (Fsp3) is 0.700. The molecule has 0 aromatic carbocycles. The lowest BCUT2D eigenvalue weighted by Crippen LogP contribution is -2.42. The number of carbonyl (C=O) groups is 1. The molecular weight excluding hydrogens is 180 g/mol. The van der Waals surface area contributed by atoms with Gasteiger partial charge in [0.05, 0.1) is 12.6 Å². The number of amides is 2. The number of ether oxygens (including phenoxy) is 1. The molecule has 0 aliphatic carbocycles. The van der Waals surface area contributed by atoms with Crippen LogP contribution in [0.4, 0.5) is 4.79 Å². The van der Waals surface area contributed by atoms with Gasteiger partial charge in [0.2, 0.25) is 0 Å². The minimum Gasteiger partial charge on any atom is -0.379 e. The summed E-state index contributed by atoms with van der Waals surface area (Å²) in [6, 6.07) is 0.0692. The van der Waals surface area contributed by atoms with Gasteiger partial charge in [0.1, 0.15) is 0 Å². The number of hydrogen-bond acceptors (Lipinski definition) is 2. The third-order valence-corrected chi connectivity index (χ3v) is 2.04. The lowest BCUT2D eigenvalue weighted by Gasteiger charge is -2.10. The van der Waals surface area contributed by atoms with Crippen molar-refractivity contribution < 1.29 is 9.53 Å². The van der Waals surface area contributed by atoms with Crippen molar-refractivity contribution in [2.75, 3.05) is 19.8 Å². The van der Waals surface area contributed by atoms with Crippen LogP contribution in [0, 0.1) is 0 Å². The van der Waals surface area contributed by atoms with Crippen LogP contribution in [0.3, 0.4) is 0 Å². The van der Waals surface area contributed by atoms with Crippen LogP contribution in [0.25, 0.3) is 0 Å². The van der Waals surface area contributed by atoms with E-state index in [1.54, 1.807) is 0 Å². The number of urea groups is 1. The van der Waals surface area contributed by atoms with Crippen LogP contribution in [0.15, 0.2) is 11.6 Å². The largest absolute Gasteiger partial charge is 0.379 e. The molecule has 1 aliphatic heterocycles. The van der Waals surface area contributed by atoms with Gasteiger partial charge in [-0.2, -0.15) is 0 Å². The molecule has 0 aromatic heterocycles. The van der Waals surface area contributed by atoms with Crippen LogP contribution in [0.5, 0.6) is 0 Å². The lowest BCUT2D eigenvalue weighted by molar-refractivity contribution is 0.188. The Balaban J connectivity index is 2.12. The Morgan fingerprint density at radius 1 is 1.57 bits per heavy atom. The second kappa shape index (κ2) is 5.65. The SMILES string of the molecule is CC(C)=CCNC(=O)NC1CCOC1. The van der Waals surface area contributed by atoms with Crippen LogP contribution in [0.1, 0.15) is 20.3 Å². The molecule has 2 amide bonds. The third-order valence-electron chi connectivity index (χ3n) is 2.04. The van der Waals surface area contributed by atoms with Crippen molar-refractivity contribution in [1.82, 2.24) is 10.6 Å². The second-order valence-corrected chi connectivity index (χ2v) is 3.70. The highest BCUT2D eigenvalue weighted by molar-refractivity contribution is 5.74. The summed E-state index contributed by atoms with van der Waals surface area (Å²) in [5.74, 6) is 0. The van der Waals surface area contributed by atoms with Gasteiger partial charge in [-0.05, 0) is 20.3 Å². The van der Waals surface area contributed by atoms with Gasteiger partial charge in [-0.25, -0.2) is 4.79 Å². The van der Waals surface area contributed by atoms with Gasteiger partial charge in [-0.1, -0.05) is 11.6 Å². The molecule has 1 rings (SSSR count).